The van der Waals surface area contributed by atoms with E-state index in [0.717, 1.165) is 55.9 Å². The van der Waals surface area contributed by atoms with E-state index in [2.05, 4.69) is 10.5 Å². The first-order valence-corrected chi connectivity index (χ1v) is 9.25. The van der Waals surface area contributed by atoms with Gasteiger partial charge in [-0.3, -0.25) is 9.69 Å². The summed E-state index contributed by atoms with van der Waals surface area (Å²) in [6, 6.07) is 9.63. The lowest BCUT2D eigenvalue weighted by molar-refractivity contribution is -0.142. The molecule has 138 valence electrons. The van der Waals surface area contributed by atoms with E-state index in [0.29, 0.717) is 6.54 Å². The Morgan fingerprint density at radius 1 is 1.35 bits per heavy atom. The first kappa shape index (κ1) is 17.2. The molecule has 1 atom stereocenters. The van der Waals surface area contributed by atoms with Crippen LogP contribution in [0.3, 0.4) is 0 Å². The molecule has 4 rings (SSSR count). The maximum atomic E-state index is 11.8. The third-order valence-electron chi connectivity index (χ3n) is 5.82. The normalized spacial score (nSPS) is 22.7. The molecule has 1 aromatic carbocycles. The molecule has 2 aliphatic rings. The summed E-state index contributed by atoms with van der Waals surface area (Å²) in [7, 11) is 0. The maximum Gasteiger partial charge on any atom is 0.320 e. The number of hydrogen-bond donors (Lipinski definition) is 2. The Bertz CT molecular complexity index is 778. The molecular formula is C20H25N3O3. The lowest BCUT2D eigenvalue weighted by Crippen LogP contribution is -2.38. The van der Waals surface area contributed by atoms with Gasteiger partial charge in [0, 0.05) is 18.2 Å². The minimum absolute atomic E-state index is 0.119. The van der Waals surface area contributed by atoms with Gasteiger partial charge in [0.2, 0.25) is 0 Å². The molecule has 2 saturated heterocycles. The first-order valence-electron chi connectivity index (χ1n) is 9.25. The van der Waals surface area contributed by atoms with Crippen molar-refractivity contribution in [1.29, 1.82) is 0 Å². The second-order valence-corrected chi connectivity index (χ2v) is 7.76. The highest BCUT2D eigenvalue weighted by atomic mass is 16.5. The standard InChI is InChI=1S/C20H25N3O3/c1-14-2-4-15(5-3-14)17-10-16(26-22-17)12-23-13-20(6-8-21-9-7-20)11-18(23)19(24)25/h2-5,10,18,21H,6-9,11-13H2,1H3,(H,24,25)/t18-/m1/s1. The molecule has 0 radical (unpaired) electrons. The number of piperidine rings is 1. The van der Waals surface area contributed by atoms with Gasteiger partial charge in [0.25, 0.3) is 0 Å². The number of likely N-dealkylation sites (tertiary alicyclic amines) is 1. The van der Waals surface area contributed by atoms with Crippen molar-refractivity contribution in [2.24, 2.45) is 5.41 Å². The topological polar surface area (TPSA) is 78.6 Å². The van der Waals surface area contributed by atoms with Crippen molar-refractivity contribution in [2.75, 3.05) is 19.6 Å². The Hall–Kier alpha value is -2.18. The molecule has 2 aromatic rings. The molecular weight excluding hydrogens is 330 g/mol. The molecule has 0 saturated carbocycles. The molecule has 0 aliphatic carbocycles. The number of nitrogens with zero attached hydrogens (tertiary/aromatic N) is 2. The minimum Gasteiger partial charge on any atom is -0.480 e. The van der Waals surface area contributed by atoms with Crippen molar-refractivity contribution in [3.63, 3.8) is 0 Å². The quantitative estimate of drug-likeness (QED) is 0.878. The van der Waals surface area contributed by atoms with E-state index in [1.54, 1.807) is 0 Å². The summed E-state index contributed by atoms with van der Waals surface area (Å²) in [6.07, 6.45) is 2.81. The van der Waals surface area contributed by atoms with Gasteiger partial charge < -0.3 is 14.9 Å². The first-order chi connectivity index (χ1) is 12.5. The van der Waals surface area contributed by atoms with Crippen molar-refractivity contribution in [3.05, 3.63) is 41.7 Å². The fraction of sp³-hybridized carbons (Fsp3) is 0.500. The van der Waals surface area contributed by atoms with Crippen molar-refractivity contribution < 1.29 is 14.4 Å². The number of aryl methyl sites for hydroxylation is 1. The summed E-state index contributed by atoms with van der Waals surface area (Å²) in [5.41, 5.74) is 3.12. The number of benzene rings is 1. The van der Waals surface area contributed by atoms with Gasteiger partial charge in [0.05, 0.1) is 6.54 Å². The van der Waals surface area contributed by atoms with Crippen LogP contribution in [0.15, 0.2) is 34.9 Å². The number of nitrogens with one attached hydrogen (secondary N) is 1. The van der Waals surface area contributed by atoms with Crippen LogP contribution < -0.4 is 5.32 Å². The Morgan fingerprint density at radius 2 is 2.08 bits per heavy atom. The lowest BCUT2D eigenvalue weighted by atomic mass is 9.77. The van der Waals surface area contributed by atoms with E-state index in [9.17, 15) is 9.90 Å². The minimum atomic E-state index is -0.737. The molecule has 0 amide bonds. The predicted molar refractivity (Wildman–Crippen MR) is 97.7 cm³/mol. The van der Waals surface area contributed by atoms with Gasteiger partial charge in [-0.25, -0.2) is 0 Å². The van der Waals surface area contributed by atoms with Crippen LogP contribution >= 0.6 is 0 Å². The number of aliphatic carboxylic acids is 1. The van der Waals surface area contributed by atoms with Crippen LogP contribution in [0, 0.1) is 12.3 Å². The zero-order valence-corrected chi connectivity index (χ0v) is 15.1. The van der Waals surface area contributed by atoms with Crippen LogP contribution in [0.25, 0.3) is 11.3 Å². The molecule has 6 heteroatoms. The van der Waals surface area contributed by atoms with Gasteiger partial charge in [-0.2, -0.15) is 0 Å². The molecule has 6 nitrogen and oxygen atoms in total. The summed E-state index contributed by atoms with van der Waals surface area (Å²) < 4.78 is 5.52. The zero-order chi connectivity index (χ0) is 18.1. The second kappa shape index (κ2) is 6.85. The van der Waals surface area contributed by atoms with Gasteiger partial charge in [0.1, 0.15) is 11.7 Å². The zero-order valence-electron chi connectivity index (χ0n) is 15.1. The Balaban J connectivity index is 1.50. The SMILES string of the molecule is Cc1ccc(-c2cc(CN3CC4(CCNCC4)C[C@@H]3C(=O)O)on2)cc1. The predicted octanol–water partition coefficient (Wildman–Crippen LogP) is 2.68. The average Bonchev–Trinajstić information content (AvgIpc) is 3.22. The van der Waals surface area contributed by atoms with E-state index in [1.807, 2.05) is 42.2 Å². The number of rotatable bonds is 4. The molecule has 0 unspecified atom stereocenters. The average molecular weight is 355 g/mol. The highest BCUT2D eigenvalue weighted by Gasteiger charge is 2.47. The van der Waals surface area contributed by atoms with Crippen LogP contribution in [0.4, 0.5) is 0 Å². The maximum absolute atomic E-state index is 11.8. The van der Waals surface area contributed by atoms with E-state index in [4.69, 9.17) is 4.52 Å². The second-order valence-electron chi connectivity index (χ2n) is 7.76. The third kappa shape index (κ3) is 3.39. The van der Waals surface area contributed by atoms with E-state index < -0.39 is 12.0 Å². The molecule has 26 heavy (non-hydrogen) atoms. The number of carboxylic acid groups (broad SMARTS) is 1. The van der Waals surface area contributed by atoms with Gasteiger partial charge in [0.15, 0.2) is 5.76 Å². The summed E-state index contributed by atoms with van der Waals surface area (Å²) in [4.78, 5) is 13.8. The summed E-state index contributed by atoms with van der Waals surface area (Å²) in [5, 5.41) is 17.2. The van der Waals surface area contributed by atoms with Crippen molar-refractivity contribution in [1.82, 2.24) is 15.4 Å². The fourth-order valence-corrected chi connectivity index (χ4v) is 4.32. The fourth-order valence-electron chi connectivity index (χ4n) is 4.32. The molecule has 1 spiro atoms. The molecule has 0 bridgehead atoms. The van der Waals surface area contributed by atoms with Crippen LogP contribution in [-0.2, 0) is 11.3 Å². The van der Waals surface area contributed by atoms with Crippen LogP contribution in [0.2, 0.25) is 0 Å². The molecule has 2 aliphatic heterocycles. The van der Waals surface area contributed by atoms with Crippen molar-refractivity contribution in [2.45, 2.75) is 38.8 Å². The largest absolute Gasteiger partial charge is 0.480 e. The Labute approximate surface area is 153 Å². The van der Waals surface area contributed by atoms with Crippen LogP contribution in [0.1, 0.15) is 30.6 Å². The highest BCUT2D eigenvalue weighted by Crippen LogP contribution is 2.42. The van der Waals surface area contributed by atoms with E-state index in [1.165, 1.54) is 5.56 Å². The molecule has 3 heterocycles. The lowest BCUT2D eigenvalue weighted by Gasteiger charge is -2.33. The van der Waals surface area contributed by atoms with Crippen LogP contribution in [-0.4, -0.2) is 46.8 Å². The van der Waals surface area contributed by atoms with E-state index >= 15 is 0 Å². The molecule has 2 fully saturated rings. The van der Waals surface area contributed by atoms with E-state index in [-0.39, 0.29) is 5.41 Å². The van der Waals surface area contributed by atoms with Crippen LogP contribution in [0.5, 0.6) is 0 Å². The van der Waals surface area contributed by atoms with Gasteiger partial charge >= 0.3 is 5.97 Å². The number of carboxylic acids is 1. The molecule has 2 N–H and O–H groups in total. The number of aromatic nitrogens is 1. The monoisotopic (exact) mass is 355 g/mol. The van der Waals surface area contributed by atoms with Gasteiger partial charge in [-0.15, -0.1) is 0 Å². The number of carbonyl (C=O) groups is 1. The third-order valence-corrected chi connectivity index (χ3v) is 5.82. The summed E-state index contributed by atoms with van der Waals surface area (Å²) >= 11 is 0. The Kier molecular flexibility index (Phi) is 4.54. The Morgan fingerprint density at radius 3 is 2.77 bits per heavy atom. The van der Waals surface area contributed by atoms with Crippen molar-refractivity contribution >= 4 is 5.97 Å². The van der Waals surface area contributed by atoms with Gasteiger partial charge in [-0.05, 0) is 44.7 Å². The summed E-state index contributed by atoms with van der Waals surface area (Å²) in [6.45, 7) is 5.30. The molecule has 1 aromatic heterocycles. The number of hydrogen-bond acceptors (Lipinski definition) is 5. The summed E-state index contributed by atoms with van der Waals surface area (Å²) in [5.74, 6) is -0.0171. The smallest absolute Gasteiger partial charge is 0.320 e. The van der Waals surface area contributed by atoms with Crippen molar-refractivity contribution in [3.8, 4) is 11.3 Å². The van der Waals surface area contributed by atoms with Gasteiger partial charge in [-0.1, -0.05) is 35.0 Å². The highest BCUT2D eigenvalue weighted by molar-refractivity contribution is 5.74.